The summed E-state index contributed by atoms with van der Waals surface area (Å²) in [6, 6.07) is 4.56. The fourth-order valence-electron chi connectivity index (χ4n) is 2.30. The summed E-state index contributed by atoms with van der Waals surface area (Å²) in [5, 5.41) is 5.28. The fourth-order valence-corrected chi connectivity index (χ4v) is 3.13. The van der Waals surface area contributed by atoms with Crippen molar-refractivity contribution in [3.63, 3.8) is 0 Å². The number of rotatable bonds is 5. The van der Waals surface area contributed by atoms with Crippen molar-refractivity contribution in [2.75, 3.05) is 24.3 Å². The van der Waals surface area contributed by atoms with Gasteiger partial charge in [0.05, 0.1) is 6.04 Å². The molecule has 0 fully saturated rings. The van der Waals surface area contributed by atoms with Crippen LogP contribution < -0.4 is 10.2 Å². The van der Waals surface area contributed by atoms with Crippen molar-refractivity contribution in [3.8, 4) is 0 Å². The van der Waals surface area contributed by atoms with Crippen LogP contribution in [0.1, 0.15) is 43.2 Å². The monoisotopic (exact) mass is 290 g/mol. The van der Waals surface area contributed by atoms with E-state index in [0.29, 0.717) is 12.0 Å². The number of aromatic nitrogens is 2. The van der Waals surface area contributed by atoms with Crippen molar-refractivity contribution in [2.24, 2.45) is 0 Å². The number of nitrogens with one attached hydrogen (secondary N) is 1. The van der Waals surface area contributed by atoms with Crippen LogP contribution in [-0.4, -0.2) is 24.1 Å². The van der Waals surface area contributed by atoms with E-state index in [1.165, 1.54) is 10.4 Å². The highest BCUT2D eigenvalue weighted by Crippen LogP contribution is 2.34. The minimum absolute atomic E-state index is 0.298. The molecule has 0 radical (unpaired) electrons. The van der Waals surface area contributed by atoms with E-state index in [-0.39, 0.29) is 0 Å². The third kappa shape index (κ3) is 2.77. The third-order valence-electron chi connectivity index (χ3n) is 3.55. The molecule has 1 atom stereocenters. The topological polar surface area (TPSA) is 41.1 Å². The maximum absolute atomic E-state index is 4.52. The van der Waals surface area contributed by atoms with Gasteiger partial charge in [0.1, 0.15) is 18.0 Å². The minimum atomic E-state index is 0.298. The van der Waals surface area contributed by atoms with Gasteiger partial charge in [-0.1, -0.05) is 19.9 Å². The van der Waals surface area contributed by atoms with E-state index in [9.17, 15) is 0 Å². The summed E-state index contributed by atoms with van der Waals surface area (Å²) in [6.07, 6.45) is 1.63. The standard InChI is InChI=1S/C15H22N4S/c1-10(2)13-14(16-4)17-9-18-15(13)19(5)11(3)12-7-6-8-20-12/h6-11H,1-5H3,(H,16,17,18). The Bertz CT molecular complexity index is 551. The zero-order valence-electron chi connectivity index (χ0n) is 12.7. The molecule has 1 unspecified atom stereocenters. The molecule has 0 amide bonds. The van der Waals surface area contributed by atoms with Gasteiger partial charge in [0.15, 0.2) is 0 Å². The van der Waals surface area contributed by atoms with Crippen LogP contribution in [0, 0.1) is 0 Å². The molecule has 0 saturated heterocycles. The Hall–Kier alpha value is -1.62. The molecule has 0 aliphatic carbocycles. The van der Waals surface area contributed by atoms with Crippen LogP contribution in [0.25, 0.3) is 0 Å². The van der Waals surface area contributed by atoms with Gasteiger partial charge in [-0.05, 0) is 24.3 Å². The Morgan fingerprint density at radius 3 is 2.55 bits per heavy atom. The first-order chi connectivity index (χ1) is 9.56. The molecule has 0 aliphatic rings. The Balaban J connectivity index is 2.41. The Morgan fingerprint density at radius 1 is 1.25 bits per heavy atom. The first-order valence-corrected chi connectivity index (χ1v) is 7.73. The van der Waals surface area contributed by atoms with Crippen molar-refractivity contribution in [1.29, 1.82) is 0 Å². The molecule has 0 aliphatic heterocycles. The second kappa shape index (κ2) is 6.22. The number of hydrogen-bond donors (Lipinski definition) is 1. The molecule has 2 heterocycles. The van der Waals surface area contributed by atoms with Gasteiger partial charge in [-0.3, -0.25) is 0 Å². The van der Waals surface area contributed by atoms with Crippen LogP contribution in [0.15, 0.2) is 23.8 Å². The smallest absolute Gasteiger partial charge is 0.137 e. The van der Waals surface area contributed by atoms with Crippen molar-refractivity contribution in [3.05, 3.63) is 34.3 Å². The molecular weight excluding hydrogens is 268 g/mol. The molecule has 0 spiro atoms. The van der Waals surface area contributed by atoms with Crippen LogP contribution in [-0.2, 0) is 0 Å². The molecule has 5 heteroatoms. The molecular formula is C15H22N4S. The fraction of sp³-hybridized carbons (Fsp3) is 0.467. The van der Waals surface area contributed by atoms with E-state index in [2.05, 4.69) is 65.5 Å². The minimum Gasteiger partial charge on any atom is -0.373 e. The van der Waals surface area contributed by atoms with Gasteiger partial charge < -0.3 is 10.2 Å². The molecule has 108 valence electrons. The molecule has 1 N–H and O–H groups in total. The highest BCUT2D eigenvalue weighted by Gasteiger charge is 2.21. The number of anilines is 2. The number of hydrogen-bond acceptors (Lipinski definition) is 5. The van der Waals surface area contributed by atoms with Gasteiger partial charge in [0.2, 0.25) is 0 Å². The summed E-state index contributed by atoms with van der Waals surface area (Å²) in [4.78, 5) is 12.4. The molecule has 2 rings (SSSR count). The van der Waals surface area contributed by atoms with E-state index in [4.69, 9.17) is 0 Å². The summed E-state index contributed by atoms with van der Waals surface area (Å²) in [5.41, 5.74) is 1.17. The number of thiophene rings is 1. The van der Waals surface area contributed by atoms with E-state index < -0.39 is 0 Å². The lowest BCUT2D eigenvalue weighted by atomic mass is 10.0. The van der Waals surface area contributed by atoms with Gasteiger partial charge in [-0.2, -0.15) is 0 Å². The van der Waals surface area contributed by atoms with Crippen molar-refractivity contribution >= 4 is 23.0 Å². The molecule has 20 heavy (non-hydrogen) atoms. The summed E-state index contributed by atoms with van der Waals surface area (Å²) in [5.74, 6) is 2.28. The summed E-state index contributed by atoms with van der Waals surface area (Å²) in [7, 11) is 4.00. The highest BCUT2D eigenvalue weighted by molar-refractivity contribution is 7.10. The van der Waals surface area contributed by atoms with Gasteiger partial charge >= 0.3 is 0 Å². The van der Waals surface area contributed by atoms with E-state index >= 15 is 0 Å². The average molecular weight is 290 g/mol. The van der Waals surface area contributed by atoms with E-state index in [1.807, 2.05) is 7.05 Å². The van der Waals surface area contributed by atoms with Crippen LogP contribution >= 0.6 is 11.3 Å². The number of nitrogens with zero attached hydrogens (tertiary/aromatic N) is 3. The van der Waals surface area contributed by atoms with Gasteiger partial charge in [-0.25, -0.2) is 9.97 Å². The van der Waals surface area contributed by atoms with Crippen LogP contribution in [0.5, 0.6) is 0 Å². The first-order valence-electron chi connectivity index (χ1n) is 6.85. The van der Waals surface area contributed by atoms with Crippen molar-refractivity contribution in [2.45, 2.75) is 32.7 Å². The molecule has 4 nitrogen and oxygen atoms in total. The highest BCUT2D eigenvalue weighted by atomic mass is 32.1. The Labute approximate surface area is 124 Å². The molecule has 2 aromatic heterocycles. The largest absolute Gasteiger partial charge is 0.373 e. The second-order valence-electron chi connectivity index (χ2n) is 5.17. The predicted octanol–water partition coefficient (Wildman–Crippen LogP) is 3.90. The van der Waals surface area contributed by atoms with Gasteiger partial charge in [-0.15, -0.1) is 11.3 Å². The van der Waals surface area contributed by atoms with Crippen molar-refractivity contribution < 1.29 is 0 Å². The normalized spacial score (nSPS) is 12.5. The summed E-state index contributed by atoms with van der Waals surface area (Å²) < 4.78 is 0. The molecule has 0 aromatic carbocycles. The van der Waals surface area contributed by atoms with E-state index in [0.717, 1.165) is 11.6 Å². The van der Waals surface area contributed by atoms with Crippen molar-refractivity contribution in [1.82, 2.24) is 9.97 Å². The molecule has 2 aromatic rings. The van der Waals surface area contributed by atoms with Gasteiger partial charge in [0, 0.05) is 24.5 Å². The van der Waals surface area contributed by atoms with Gasteiger partial charge in [0.25, 0.3) is 0 Å². The SMILES string of the molecule is CNc1ncnc(N(C)C(C)c2cccs2)c1C(C)C. The lowest BCUT2D eigenvalue weighted by Gasteiger charge is -2.28. The van der Waals surface area contributed by atoms with Crippen LogP contribution in [0.2, 0.25) is 0 Å². The van der Waals surface area contributed by atoms with Crippen LogP contribution in [0.3, 0.4) is 0 Å². The van der Waals surface area contributed by atoms with Crippen LogP contribution in [0.4, 0.5) is 11.6 Å². The quantitative estimate of drug-likeness (QED) is 0.906. The summed E-state index contributed by atoms with van der Waals surface area (Å²) >= 11 is 1.78. The average Bonchev–Trinajstić information content (AvgIpc) is 2.98. The Kier molecular flexibility index (Phi) is 4.60. The second-order valence-corrected chi connectivity index (χ2v) is 6.15. The Morgan fingerprint density at radius 2 is 2.00 bits per heavy atom. The maximum atomic E-state index is 4.52. The predicted molar refractivity (Wildman–Crippen MR) is 86.8 cm³/mol. The maximum Gasteiger partial charge on any atom is 0.137 e. The molecule has 0 saturated carbocycles. The lowest BCUT2D eigenvalue weighted by molar-refractivity contribution is 0.722. The van der Waals surface area contributed by atoms with E-state index in [1.54, 1.807) is 17.7 Å². The summed E-state index contributed by atoms with van der Waals surface area (Å²) in [6.45, 7) is 6.55. The zero-order valence-corrected chi connectivity index (χ0v) is 13.5. The third-order valence-corrected chi connectivity index (χ3v) is 4.59. The lowest BCUT2D eigenvalue weighted by Crippen LogP contribution is -2.24. The molecule has 0 bridgehead atoms. The first kappa shape index (κ1) is 14.8. The zero-order chi connectivity index (χ0) is 14.7.